The van der Waals surface area contributed by atoms with Gasteiger partial charge < -0.3 is 10.6 Å². The fraction of sp³-hybridized carbons (Fsp3) is 0.231. The summed E-state index contributed by atoms with van der Waals surface area (Å²) in [5.41, 5.74) is 9.15. The third-order valence-corrected chi connectivity index (χ3v) is 6.56. The summed E-state index contributed by atoms with van der Waals surface area (Å²) in [6, 6.07) is 21.7. The van der Waals surface area contributed by atoms with Crippen molar-refractivity contribution >= 4 is 21.6 Å². The zero-order valence-corrected chi connectivity index (χ0v) is 19.9. The van der Waals surface area contributed by atoms with Crippen LogP contribution >= 0.6 is 0 Å². The number of sulfone groups is 1. The summed E-state index contributed by atoms with van der Waals surface area (Å²) in [6.07, 6.45) is 1.27. The highest BCUT2D eigenvalue weighted by atomic mass is 32.2. The number of hydrogen-bond donors (Lipinski definition) is 2. The second kappa shape index (κ2) is 10.0. The molecule has 0 saturated carbocycles. The molecule has 0 spiro atoms. The number of benzene rings is 3. The van der Waals surface area contributed by atoms with Crippen molar-refractivity contribution in [1.82, 2.24) is 4.90 Å². The van der Waals surface area contributed by atoms with E-state index in [1.54, 1.807) is 29.2 Å². The van der Waals surface area contributed by atoms with Gasteiger partial charge in [-0.25, -0.2) is 8.42 Å². The lowest BCUT2D eigenvalue weighted by atomic mass is 10.0. The van der Waals surface area contributed by atoms with E-state index in [-0.39, 0.29) is 29.1 Å². The predicted molar refractivity (Wildman–Crippen MR) is 132 cm³/mol. The predicted octanol–water partition coefficient (Wildman–Crippen LogP) is 4.02. The van der Waals surface area contributed by atoms with E-state index in [1.807, 2.05) is 62.4 Å². The number of nitrogens with zero attached hydrogens (tertiary/aromatic N) is 1. The van der Waals surface area contributed by atoms with E-state index >= 15 is 0 Å². The Hall–Kier alpha value is -3.45. The normalized spacial score (nSPS) is 11.4. The van der Waals surface area contributed by atoms with Crippen LogP contribution in [0.25, 0.3) is 11.1 Å². The summed E-state index contributed by atoms with van der Waals surface area (Å²) < 4.78 is 25.0. The molecule has 0 fully saturated rings. The van der Waals surface area contributed by atoms with Crippen molar-refractivity contribution < 1.29 is 13.2 Å². The van der Waals surface area contributed by atoms with Gasteiger partial charge in [0.2, 0.25) is 5.91 Å². The number of hydrogen-bond acceptors (Lipinski definition) is 4. The van der Waals surface area contributed by atoms with Crippen molar-refractivity contribution in [2.75, 3.05) is 6.26 Å². The fourth-order valence-corrected chi connectivity index (χ4v) is 4.66. The molecule has 3 aromatic carbocycles. The number of nitrogens with one attached hydrogen (secondary N) is 1. The molecule has 3 aromatic rings. The molecular formula is C26H29N3O3S. The van der Waals surface area contributed by atoms with Gasteiger partial charge in [-0.2, -0.15) is 0 Å². The minimum atomic E-state index is -3.49. The van der Waals surface area contributed by atoms with Gasteiger partial charge in [-0.3, -0.25) is 10.2 Å². The van der Waals surface area contributed by atoms with Crippen molar-refractivity contribution in [3.8, 4) is 11.1 Å². The third-order valence-electron chi connectivity index (χ3n) is 5.42. The van der Waals surface area contributed by atoms with Crippen molar-refractivity contribution in [2.45, 2.75) is 37.8 Å². The monoisotopic (exact) mass is 463 g/mol. The van der Waals surface area contributed by atoms with Crippen LogP contribution in [-0.2, 0) is 27.6 Å². The van der Waals surface area contributed by atoms with Crippen molar-refractivity contribution in [2.24, 2.45) is 5.73 Å². The SMILES string of the molecule is CC(C)N(Cc1cccc(C(=N)N)c1)C(=O)Cc1ccc(-c2ccccc2)c(S(C)(=O)=O)c1. The molecule has 172 valence electrons. The van der Waals surface area contributed by atoms with Gasteiger partial charge >= 0.3 is 0 Å². The molecule has 0 unspecified atom stereocenters. The van der Waals surface area contributed by atoms with Gasteiger partial charge in [0.1, 0.15) is 5.84 Å². The maximum atomic E-state index is 13.2. The molecule has 0 radical (unpaired) electrons. The Balaban J connectivity index is 1.88. The number of carbonyl (C=O) groups is 1. The topological polar surface area (TPSA) is 104 Å². The van der Waals surface area contributed by atoms with Crippen LogP contribution in [0, 0.1) is 5.41 Å². The summed E-state index contributed by atoms with van der Waals surface area (Å²) in [5.74, 6) is -0.128. The fourth-order valence-electron chi connectivity index (χ4n) is 3.71. The number of rotatable bonds is 8. The van der Waals surface area contributed by atoms with Crippen molar-refractivity contribution in [1.29, 1.82) is 5.41 Å². The summed E-state index contributed by atoms with van der Waals surface area (Å²) in [7, 11) is -3.49. The Morgan fingerprint density at radius 2 is 1.67 bits per heavy atom. The zero-order valence-electron chi connectivity index (χ0n) is 19.1. The van der Waals surface area contributed by atoms with E-state index < -0.39 is 9.84 Å². The second-order valence-electron chi connectivity index (χ2n) is 8.37. The number of amides is 1. The Morgan fingerprint density at radius 1 is 0.970 bits per heavy atom. The molecule has 33 heavy (non-hydrogen) atoms. The maximum Gasteiger partial charge on any atom is 0.227 e. The minimum Gasteiger partial charge on any atom is -0.384 e. The highest BCUT2D eigenvalue weighted by Gasteiger charge is 2.21. The highest BCUT2D eigenvalue weighted by molar-refractivity contribution is 7.90. The molecule has 0 saturated heterocycles. The number of nitrogens with two attached hydrogens (primary N) is 1. The van der Waals surface area contributed by atoms with E-state index in [0.717, 1.165) is 11.1 Å². The summed E-state index contributed by atoms with van der Waals surface area (Å²) >= 11 is 0. The lowest BCUT2D eigenvalue weighted by Gasteiger charge is -2.27. The van der Waals surface area contributed by atoms with E-state index in [4.69, 9.17) is 11.1 Å². The highest BCUT2D eigenvalue weighted by Crippen LogP contribution is 2.29. The van der Waals surface area contributed by atoms with Crippen molar-refractivity contribution in [3.63, 3.8) is 0 Å². The quantitative estimate of drug-likeness (QED) is 0.389. The third kappa shape index (κ3) is 6.08. The van der Waals surface area contributed by atoms with Crippen LogP contribution in [0.5, 0.6) is 0 Å². The molecule has 0 atom stereocenters. The van der Waals surface area contributed by atoms with Crippen LogP contribution in [0.2, 0.25) is 0 Å². The average Bonchev–Trinajstić information content (AvgIpc) is 2.77. The molecule has 3 N–H and O–H groups in total. The van der Waals surface area contributed by atoms with E-state index in [0.29, 0.717) is 23.2 Å². The van der Waals surface area contributed by atoms with Crippen LogP contribution in [0.15, 0.2) is 77.7 Å². The first kappa shape index (κ1) is 24.2. The van der Waals surface area contributed by atoms with Crippen LogP contribution in [-0.4, -0.2) is 37.4 Å². The first-order valence-electron chi connectivity index (χ1n) is 10.7. The van der Waals surface area contributed by atoms with Gasteiger partial charge in [-0.15, -0.1) is 0 Å². The lowest BCUT2D eigenvalue weighted by Crippen LogP contribution is -2.37. The number of nitrogen functional groups attached to an aromatic ring is 1. The van der Waals surface area contributed by atoms with E-state index in [2.05, 4.69) is 0 Å². The lowest BCUT2D eigenvalue weighted by molar-refractivity contribution is -0.132. The first-order valence-corrected chi connectivity index (χ1v) is 12.6. The van der Waals surface area contributed by atoms with E-state index in [9.17, 15) is 13.2 Å². The molecule has 3 rings (SSSR count). The molecule has 0 aliphatic rings. The van der Waals surface area contributed by atoms with Gasteiger partial charge in [0.05, 0.1) is 11.3 Å². The van der Waals surface area contributed by atoms with Gasteiger partial charge in [0.25, 0.3) is 0 Å². The van der Waals surface area contributed by atoms with Gasteiger partial charge in [0.15, 0.2) is 9.84 Å². The van der Waals surface area contributed by atoms with Gasteiger partial charge in [-0.05, 0) is 42.7 Å². The number of carbonyl (C=O) groups excluding carboxylic acids is 1. The summed E-state index contributed by atoms with van der Waals surface area (Å²) in [5, 5.41) is 7.63. The first-order chi connectivity index (χ1) is 15.6. The smallest absolute Gasteiger partial charge is 0.227 e. The largest absolute Gasteiger partial charge is 0.384 e. The van der Waals surface area contributed by atoms with Crippen LogP contribution in [0.1, 0.15) is 30.5 Å². The minimum absolute atomic E-state index is 0.0221. The number of amidine groups is 1. The summed E-state index contributed by atoms with van der Waals surface area (Å²) in [6.45, 7) is 4.25. The van der Waals surface area contributed by atoms with Gasteiger partial charge in [0, 0.05) is 30.0 Å². The molecule has 7 heteroatoms. The maximum absolute atomic E-state index is 13.2. The molecule has 0 bridgehead atoms. The van der Waals surface area contributed by atoms with Crippen LogP contribution in [0.4, 0.5) is 0 Å². The standard InChI is InChI=1S/C26H29N3O3S/c1-18(2)29(17-20-8-7-11-22(14-20)26(27)28)25(30)16-19-12-13-23(21-9-5-4-6-10-21)24(15-19)33(3,31)32/h4-15,18H,16-17H2,1-3H3,(H3,27,28). The Bertz CT molecular complexity index is 1270. The second-order valence-corrected chi connectivity index (χ2v) is 10.4. The molecule has 0 aliphatic carbocycles. The average molecular weight is 464 g/mol. The summed E-state index contributed by atoms with van der Waals surface area (Å²) in [4.78, 5) is 15.2. The van der Waals surface area contributed by atoms with Crippen LogP contribution < -0.4 is 5.73 Å². The van der Waals surface area contributed by atoms with Crippen LogP contribution in [0.3, 0.4) is 0 Å². The molecule has 0 aliphatic heterocycles. The zero-order chi connectivity index (χ0) is 24.2. The van der Waals surface area contributed by atoms with Crippen molar-refractivity contribution in [3.05, 3.63) is 89.5 Å². The Kier molecular flexibility index (Phi) is 7.33. The molecule has 6 nitrogen and oxygen atoms in total. The molecule has 0 heterocycles. The molecule has 1 amide bonds. The molecular weight excluding hydrogens is 434 g/mol. The molecule has 0 aromatic heterocycles. The Labute approximate surface area is 195 Å². The van der Waals surface area contributed by atoms with E-state index in [1.165, 1.54) is 6.26 Å². The Morgan fingerprint density at radius 3 is 2.27 bits per heavy atom. The van der Waals surface area contributed by atoms with Gasteiger partial charge in [-0.1, -0.05) is 60.7 Å².